The van der Waals surface area contributed by atoms with Crippen LogP contribution >= 0.6 is 24.6 Å². The van der Waals surface area contributed by atoms with Crippen molar-refractivity contribution in [3.05, 3.63) is 36.4 Å². The van der Waals surface area contributed by atoms with E-state index in [0.717, 1.165) is 0 Å². The van der Waals surface area contributed by atoms with Gasteiger partial charge in [-0.25, -0.2) is 16.8 Å². The molecule has 27 heteroatoms. The number of benzene rings is 2. The maximum Gasteiger partial charge on any atom is 1.00 e. The van der Waals surface area contributed by atoms with E-state index in [2.05, 4.69) is 38.5 Å². The van der Waals surface area contributed by atoms with Crippen LogP contribution in [0, 0.1) is 0 Å². The zero-order valence-corrected chi connectivity index (χ0v) is 35.5. The number of hydrogen-bond acceptors (Lipinski definition) is 21. The number of carbonyl (C=O) groups is 1. The molecule has 0 radical (unpaired) electrons. The first-order valence-corrected chi connectivity index (χ1v) is 16.3. The van der Waals surface area contributed by atoms with Gasteiger partial charge in [0.15, 0.2) is 34.5 Å². The molecule has 0 fully saturated rings. The summed E-state index contributed by atoms with van der Waals surface area (Å²) in [5.74, 6) is -0.930. The van der Waals surface area contributed by atoms with Crippen molar-refractivity contribution in [2.24, 2.45) is 10.2 Å². The van der Waals surface area contributed by atoms with E-state index in [1.54, 1.807) is 4.90 Å². The summed E-state index contributed by atoms with van der Waals surface area (Å²) in [6, 6.07) is 8.05. The Kier molecular flexibility index (Phi) is 28.4. The predicted molar refractivity (Wildman–Crippen MR) is 149 cm³/mol. The molecule has 0 saturated carbocycles. The number of nitrogens with zero attached hydrogens (tertiary/aromatic N) is 3. The van der Waals surface area contributed by atoms with Crippen molar-refractivity contribution in [2.45, 2.75) is 11.8 Å². The third kappa shape index (κ3) is 19.8. The molecule has 0 saturated heterocycles. The molecule has 2 aromatic carbocycles. The van der Waals surface area contributed by atoms with Gasteiger partial charge < -0.3 is 30.0 Å². The summed E-state index contributed by atoms with van der Waals surface area (Å²) >= 11 is 0.608. The number of methoxy groups -OCH3 is 1. The Morgan fingerprint density at radius 3 is 1.94 bits per heavy atom. The smallest absolute Gasteiger partial charge is 0.726 e. The number of hydrogen-bond donors (Lipinski definition) is 1. The fourth-order valence-electron chi connectivity index (χ4n) is 3.31. The van der Waals surface area contributed by atoms with E-state index in [1.807, 2.05) is 0 Å². The number of amides is 1. The number of carbonyl (C=O) groups excluding carboxylic acids is 1. The third-order valence-electron chi connectivity index (χ3n) is 5.09. The minimum atomic E-state index is -5.04. The van der Waals surface area contributed by atoms with Gasteiger partial charge in [0.05, 0.1) is 54.6 Å². The zero-order valence-electron chi connectivity index (χ0n) is 26.2. The van der Waals surface area contributed by atoms with Gasteiger partial charge in [-0.3, -0.25) is 27.4 Å². The largest absolute Gasteiger partial charge is 1.00 e. The second kappa shape index (κ2) is 27.0. The molecule has 20 nitrogen and oxygen atoms in total. The molecule has 48 heavy (non-hydrogen) atoms. The fourth-order valence-corrected chi connectivity index (χ4v) is 5.21. The first kappa shape index (κ1) is 50.4. The number of azo groups is 1. The molecule has 0 aromatic heterocycles. The molecule has 0 aliphatic heterocycles. The van der Waals surface area contributed by atoms with Crippen LogP contribution in [0.3, 0.4) is 0 Å². The molecule has 0 bridgehead atoms. The minimum absolute atomic E-state index is 0. The second-order valence-corrected chi connectivity index (χ2v) is 12.2. The summed E-state index contributed by atoms with van der Waals surface area (Å²) in [5.41, 5.74) is 0.992. The predicted octanol–water partition coefficient (Wildman–Crippen LogP) is -8.26. The molecule has 1 N–H and O–H groups in total. The molecule has 1 amide bonds. The van der Waals surface area contributed by atoms with Crippen LogP contribution in [0.1, 0.15) is 6.92 Å². The Balaban J connectivity index is 0. The van der Waals surface area contributed by atoms with E-state index in [4.69, 9.17) is 13.1 Å². The van der Waals surface area contributed by atoms with Crippen LogP contribution in [0.5, 0.6) is 5.75 Å². The SMILES string of the molecule is COc1cc(N=Nc2ccc(S(=O)(=O)CCOS(=O)(=O)[O-])cc2)c(NC(C)=O)cc1N(CCOSOO[O-])CCOSOO[O-].[Na+].[Na+].[Na+]. The molecule has 0 heterocycles. The Morgan fingerprint density at radius 1 is 0.896 bits per heavy atom. The summed E-state index contributed by atoms with van der Waals surface area (Å²) in [4.78, 5) is 13.5. The van der Waals surface area contributed by atoms with Crippen molar-refractivity contribution in [1.29, 1.82) is 0 Å². The van der Waals surface area contributed by atoms with Crippen LogP contribution in [0.4, 0.5) is 22.7 Å². The average Bonchev–Trinajstić information content (AvgIpc) is 2.98. The van der Waals surface area contributed by atoms with Gasteiger partial charge in [-0.05, 0) is 30.3 Å². The van der Waals surface area contributed by atoms with Gasteiger partial charge in [-0.2, -0.15) is 5.11 Å². The van der Waals surface area contributed by atoms with Gasteiger partial charge in [-0.1, -0.05) is 0 Å². The van der Waals surface area contributed by atoms with Crippen LogP contribution < -0.4 is 114 Å². The van der Waals surface area contributed by atoms with Crippen molar-refractivity contribution in [3.8, 4) is 5.75 Å². The standard InChI is InChI=1S/C21H28N4O16S4.3Na/c1-15(26)22-18-13-20(25(7-9-35-42-40-38-27)8-10-36-43-41-39-28)21(34-2)14-19(18)24-23-16-3-5-17(6-4-16)44(29,30)12-11-37-45(31,32)33;;;/h3-6,13-14,27-28H,7-12H2,1-2H3,(H,22,26)(H,31,32,33);;;/q;3*+1/p-3. The van der Waals surface area contributed by atoms with Gasteiger partial charge in [0.25, 0.3) is 0 Å². The van der Waals surface area contributed by atoms with Crippen molar-refractivity contribution >= 4 is 73.5 Å². The number of sulfone groups is 1. The molecule has 0 spiro atoms. The fraction of sp³-hybridized carbons (Fsp3) is 0.381. The Hall–Kier alpha value is 0.310. The molecule has 0 atom stereocenters. The summed E-state index contributed by atoms with van der Waals surface area (Å²) in [7, 11) is -7.63. The van der Waals surface area contributed by atoms with Gasteiger partial charge in [0.2, 0.25) is 16.3 Å². The zero-order chi connectivity index (χ0) is 33.3. The molecule has 0 aliphatic carbocycles. The first-order valence-electron chi connectivity index (χ1n) is 12.0. The van der Waals surface area contributed by atoms with Gasteiger partial charge in [0, 0.05) is 26.1 Å². The maximum absolute atomic E-state index is 12.4. The Bertz CT molecular complexity index is 1460. The molecular formula is C21H25N4Na3O16S4. The second-order valence-electron chi connectivity index (χ2n) is 8.00. The van der Waals surface area contributed by atoms with Crippen molar-refractivity contribution in [1.82, 2.24) is 0 Å². The molecule has 2 aromatic rings. The van der Waals surface area contributed by atoms with Crippen molar-refractivity contribution < 1.29 is 161 Å². The quantitative estimate of drug-likeness (QED) is 0.0170. The maximum atomic E-state index is 12.4. The van der Waals surface area contributed by atoms with Crippen molar-refractivity contribution in [3.63, 3.8) is 0 Å². The Morgan fingerprint density at radius 2 is 1.46 bits per heavy atom. The van der Waals surface area contributed by atoms with Crippen molar-refractivity contribution in [2.75, 3.05) is 56.0 Å². The number of ether oxygens (including phenoxy) is 1. The average molecular weight is 787 g/mol. The Labute approximate surface area is 351 Å². The summed E-state index contributed by atoms with van der Waals surface area (Å²) in [6.07, 6.45) is 0. The van der Waals surface area contributed by atoms with Crippen LogP contribution in [-0.2, 0) is 56.3 Å². The van der Waals surface area contributed by atoms with Crippen LogP contribution in [0.15, 0.2) is 51.5 Å². The third-order valence-corrected chi connectivity index (χ3v) is 7.99. The number of anilines is 2. The first-order chi connectivity index (χ1) is 21.4. The molecule has 0 unspecified atom stereocenters. The van der Waals surface area contributed by atoms with E-state index in [-0.39, 0.29) is 143 Å². The van der Waals surface area contributed by atoms with Gasteiger partial charge >= 0.3 is 88.7 Å². The van der Waals surface area contributed by atoms with E-state index in [9.17, 15) is 36.7 Å². The normalized spacial score (nSPS) is 11.3. The van der Waals surface area contributed by atoms with Crippen LogP contribution in [-0.4, -0.2) is 73.1 Å². The van der Waals surface area contributed by atoms with E-state index in [1.165, 1.54) is 50.4 Å². The topological polar surface area (TPSA) is 268 Å². The molecule has 252 valence electrons. The molecular weight excluding hydrogens is 761 g/mol. The van der Waals surface area contributed by atoms with Gasteiger partial charge in [-0.15, -0.1) is 13.8 Å². The molecule has 2 rings (SSSR count). The van der Waals surface area contributed by atoms with E-state index in [0.29, 0.717) is 30.3 Å². The summed E-state index contributed by atoms with van der Waals surface area (Å²) < 4.78 is 84.1. The molecule has 0 aliphatic rings. The van der Waals surface area contributed by atoms with Crippen LogP contribution in [0.25, 0.3) is 0 Å². The summed E-state index contributed by atoms with van der Waals surface area (Å²) in [5, 5.41) is 37.2. The number of rotatable bonds is 22. The minimum Gasteiger partial charge on any atom is -0.726 e. The monoisotopic (exact) mass is 786 g/mol. The van der Waals surface area contributed by atoms with Crippen LogP contribution in [0.2, 0.25) is 0 Å². The summed E-state index contributed by atoms with van der Waals surface area (Å²) in [6.45, 7) is 0.742. The van der Waals surface area contributed by atoms with Gasteiger partial charge in [0.1, 0.15) is 11.4 Å². The van der Waals surface area contributed by atoms with E-state index >= 15 is 0 Å². The number of nitrogens with one attached hydrogen (secondary N) is 1. The van der Waals surface area contributed by atoms with E-state index < -0.39 is 38.5 Å².